The second kappa shape index (κ2) is 5.71. The van der Waals surface area contributed by atoms with Gasteiger partial charge in [0.25, 0.3) is 0 Å². The molecule has 1 aromatic heterocycles. The number of aromatic nitrogens is 2. The highest BCUT2D eigenvalue weighted by Gasteiger charge is 2.15. The SMILES string of the molecule is Cc1cc(NCC2CCSC2)nc(C(C)C)n1. The summed E-state index contributed by atoms with van der Waals surface area (Å²) in [7, 11) is 0. The topological polar surface area (TPSA) is 37.8 Å². The summed E-state index contributed by atoms with van der Waals surface area (Å²) in [5, 5.41) is 3.46. The van der Waals surface area contributed by atoms with E-state index >= 15 is 0 Å². The van der Waals surface area contributed by atoms with E-state index in [0.29, 0.717) is 5.92 Å². The van der Waals surface area contributed by atoms with Crippen molar-refractivity contribution >= 4 is 17.6 Å². The number of aryl methyl sites for hydroxylation is 1. The van der Waals surface area contributed by atoms with Crippen molar-refractivity contribution in [3.8, 4) is 0 Å². The van der Waals surface area contributed by atoms with Crippen LogP contribution in [0.25, 0.3) is 0 Å². The minimum atomic E-state index is 0.387. The Kier molecular flexibility index (Phi) is 4.26. The van der Waals surface area contributed by atoms with Crippen LogP contribution >= 0.6 is 11.8 Å². The third-order valence-corrected chi connectivity index (χ3v) is 4.22. The molecule has 0 aromatic carbocycles. The molecule has 3 nitrogen and oxygen atoms in total. The number of rotatable bonds is 4. The van der Waals surface area contributed by atoms with E-state index in [1.807, 2.05) is 13.0 Å². The molecule has 0 amide bonds. The van der Waals surface area contributed by atoms with Gasteiger partial charge in [-0.05, 0) is 30.8 Å². The molecule has 1 fully saturated rings. The molecule has 0 bridgehead atoms. The van der Waals surface area contributed by atoms with Crippen LogP contribution < -0.4 is 5.32 Å². The van der Waals surface area contributed by atoms with Gasteiger partial charge in [-0.1, -0.05) is 13.8 Å². The zero-order valence-electron chi connectivity index (χ0n) is 10.9. The first-order chi connectivity index (χ1) is 8.15. The molecule has 1 aliphatic heterocycles. The van der Waals surface area contributed by atoms with Gasteiger partial charge in [-0.3, -0.25) is 0 Å². The maximum absolute atomic E-state index is 4.57. The standard InChI is InChI=1S/C13H21N3S/c1-9(2)13-15-10(3)6-12(16-13)14-7-11-4-5-17-8-11/h6,9,11H,4-5,7-8H2,1-3H3,(H,14,15,16). The van der Waals surface area contributed by atoms with Crippen molar-refractivity contribution in [2.75, 3.05) is 23.4 Å². The molecule has 2 rings (SSSR count). The van der Waals surface area contributed by atoms with E-state index in [1.54, 1.807) is 0 Å². The molecule has 0 radical (unpaired) electrons. The summed E-state index contributed by atoms with van der Waals surface area (Å²) < 4.78 is 0. The van der Waals surface area contributed by atoms with Crippen LogP contribution in [0.4, 0.5) is 5.82 Å². The zero-order valence-corrected chi connectivity index (χ0v) is 11.7. The van der Waals surface area contributed by atoms with E-state index < -0.39 is 0 Å². The maximum Gasteiger partial charge on any atom is 0.133 e. The minimum absolute atomic E-state index is 0.387. The lowest BCUT2D eigenvalue weighted by Crippen LogP contribution is -2.15. The lowest BCUT2D eigenvalue weighted by atomic mass is 10.1. The molecular formula is C13H21N3S. The van der Waals surface area contributed by atoms with Crippen LogP contribution in [-0.2, 0) is 0 Å². The smallest absolute Gasteiger partial charge is 0.133 e. The Morgan fingerprint density at radius 1 is 1.47 bits per heavy atom. The second-order valence-corrected chi connectivity index (χ2v) is 6.17. The first-order valence-corrected chi connectivity index (χ1v) is 7.48. The first kappa shape index (κ1) is 12.7. The van der Waals surface area contributed by atoms with Crippen LogP contribution in [0.15, 0.2) is 6.07 Å². The van der Waals surface area contributed by atoms with Crippen molar-refractivity contribution in [2.24, 2.45) is 5.92 Å². The van der Waals surface area contributed by atoms with Gasteiger partial charge in [0.2, 0.25) is 0 Å². The highest BCUT2D eigenvalue weighted by atomic mass is 32.2. The summed E-state index contributed by atoms with van der Waals surface area (Å²) in [5.74, 6) is 5.71. The number of hydrogen-bond acceptors (Lipinski definition) is 4. The van der Waals surface area contributed by atoms with Gasteiger partial charge in [-0.25, -0.2) is 9.97 Å². The van der Waals surface area contributed by atoms with Crippen molar-refractivity contribution < 1.29 is 0 Å². The van der Waals surface area contributed by atoms with Crippen LogP contribution in [0.3, 0.4) is 0 Å². The summed E-state index contributed by atoms with van der Waals surface area (Å²) in [5.41, 5.74) is 1.05. The second-order valence-electron chi connectivity index (χ2n) is 5.02. The fourth-order valence-corrected chi connectivity index (χ4v) is 3.22. The lowest BCUT2D eigenvalue weighted by molar-refractivity contribution is 0.629. The highest BCUT2D eigenvalue weighted by Crippen LogP contribution is 2.23. The quantitative estimate of drug-likeness (QED) is 0.892. The monoisotopic (exact) mass is 251 g/mol. The third-order valence-electron chi connectivity index (χ3n) is 2.98. The summed E-state index contributed by atoms with van der Waals surface area (Å²) in [6, 6.07) is 2.04. The number of hydrogen-bond donors (Lipinski definition) is 1. The van der Waals surface area contributed by atoms with Crippen LogP contribution in [0, 0.1) is 12.8 Å². The van der Waals surface area contributed by atoms with E-state index in [1.165, 1.54) is 17.9 Å². The largest absolute Gasteiger partial charge is 0.370 e. The van der Waals surface area contributed by atoms with Crippen molar-refractivity contribution in [3.05, 3.63) is 17.6 Å². The predicted molar refractivity (Wildman–Crippen MR) is 74.8 cm³/mol. The Morgan fingerprint density at radius 3 is 2.94 bits per heavy atom. The van der Waals surface area contributed by atoms with Crippen LogP contribution in [0.2, 0.25) is 0 Å². The first-order valence-electron chi connectivity index (χ1n) is 6.32. The predicted octanol–water partition coefficient (Wildman–Crippen LogP) is 3.07. The molecule has 0 aliphatic carbocycles. The van der Waals surface area contributed by atoms with Gasteiger partial charge in [0.1, 0.15) is 11.6 Å². The molecule has 94 valence electrons. The fraction of sp³-hybridized carbons (Fsp3) is 0.692. The van der Waals surface area contributed by atoms with Gasteiger partial charge in [0.15, 0.2) is 0 Å². The maximum atomic E-state index is 4.57. The van der Waals surface area contributed by atoms with E-state index in [-0.39, 0.29) is 0 Å². The van der Waals surface area contributed by atoms with E-state index in [0.717, 1.165) is 29.8 Å². The molecule has 1 N–H and O–H groups in total. The molecule has 0 saturated carbocycles. The molecule has 1 unspecified atom stereocenters. The zero-order chi connectivity index (χ0) is 12.3. The number of nitrogens with one attached hydrogen (secondary N) is 1. The van der Waals surface area contributed by atoms with Gasteiger partial charge < -0.3 is 5.32 Å². The Balaban J connectivity index is 1.99. The number of thioether (sulfide) groups is 1. The van der Waals surface area contributed by atoms with Crippen LogP contribution in [-0.4, -0.2) is 28.0 Å². The Bertz CT molecular complexity index is 373. The van der Waals surface area contributed by atoms with Crippen molar-refractivity contribution in [2.45, 2.75) is 33.1 Å². The number of nitrogens with zero attached hydrogens (tertiary/aromatic N) is 2. The summed E-state index contributed by atoms with van der Waals surface area (Å²) in [6.45, 7) is 7.34. The van der Waals surface area contributed by atoms with Crippen molar-refractivity contribution in [3.63, 3.8) is 0 Å². The Labute approximate surface area is 108 Å². The average Bonchev–Trinajstić information content (AvgIpc) is 2.78. The molecule has 2 heterocycles. The minimum Gasteiger partial charge on any atom is -0.370 e. The van der Waals surface area contributed by atoms with Crippen molar-refractivity contribution in [1.82, 2.24) is 9.97 Å². The van der Waals surface area contributed by atoms with Gasteiger partial charge in [-0.15, -0.1) is 0 Å². The average molecular weight is 251 g/mol. The Hall–Kier alpha value is -0.770. The van der Waals surface area contributed by atoms with E-state index in [9.17, 15) is 0 Å². The van der Waals surface area contributed by atoms with E-state index in [2.05, 4.69) is 40.9 Å². The fourth-order valence-electron chi connectivity index (χ4n) is 1.93. The molecule has 1 aliphatic rings. The highest BCUT2D eigenvalue weighted by molar-refractivity contribution is 7.99. The lowest BCUT2D eigenvalue weighted by Gasteiger charge is -2.13. The molecule has 1 aromatic rings. The van der Waals surface area contributed by atoms with Crippen molar-refractivity contribution in [1.29, 1.82) is 0 Å². The van der Waals surface area contributed by atoms with Crippen LogP contribution in [0.1, 0.15) is 37.7 Å². The van der Waals surface area contributed by atoms with Gasteiger partial charge in [-0.2, -0.15) is 11.8 Å². The normalized spacial score (nSPS) is 19.9. The van der Waals surface area contributed by atoms with Gasteiger partial charge in [0.05, 0.1) is 0 Å². The summed E-state index contributed by atoms with van der Waals surface area (Å²) >= 11 is 2.06. The summed E-state index contributed by atoms with van der Waals surface area (Å²) in [4.78, 5) is 9.02. The van der Waals surface area contributed by atoms with Gasteiger partial charge >= 0.3 is 0 Å². The molecular weight excluding hydrogens is 230 g/mol. The molecule has 1 atom stereocenters. The molecule has 1 saturated heterocycles. The molecule has 17 heavy (non-hydrogen) atoms. The van der Waals surface area contributed by atoms with Crippen LogP contribution in [0.5, 0.6) is 0 Å². The van der Waals surface area contributed by atoms with Gasteiger partial charge in [0, 0.05) is 24.2 Å². The van der Waals surface area contributed by atoms with E-state index in [4.69, 9.17) is 0 Å². The third kappa shape index (κ3) is 3.60. The Morgan fingerprint density at radius 2 is 2.29 bits per heavy atom. The molecule has 4 heteroatoms. The molecule has 0 spiro atoms. The summed E-state index contributed by atoms with van der Waals surface area (Å²) in [6.07, 6.45) is 1.33. The number of anilines is 1.